The van der Waals surface area contributed by atoms with Crippen molar-refractivity contribution in [1.82, 2.24) is 4.31 Å². The van der Waals surface area contributed by atoms with Crippen molar-refractivity contribution in [3.8, 4) is 0 Å². The number of hydrogen-bond acceptors (Lipinski definition) is 5. The Morgan fingerprint density at radius 1 is 1.28 bits per heavy atom. The van der Waals surface area contributed by atoms with Gasteiger partial charge in [-0.25, -0.2) is 8.42 Å². The Labute approximate surface area is 106 Å². The lowest BCUT2D eigenvalue weighted by atomic mass is 10.3. The maximum absolute atomic E-state index is 12.0. The Kier molecular flexibility index (Phi) is 4.32. The van der Waals surface area contributed by atoms with E-state index < -0.39 is 25.9 Å². The van der Waals surface area contributed by atoms with Crippen LogP contribution in [0.2, 0.25) is 0 Å². The molecule has 0 aliphatic carbocycles. The zero-order valence-corrected chi connectivity index (χ0v) is 11.3. The summed E-state index contributed by atoms with van der Waals surface area (Å²) in [5, 5.41) is 0. The molecule has 0 aliphatic heterocycles. The molecule has 0 saturated carbocycles. The van der Waals surface area contributed by atoms with E-state index in [2.05, 4.69) is 0 Å². The van der Waals surface area contributed by atoms with Crippen molar-refractivity contribution in [2.45, 2.75) is 4.90 Å². The van der Waals surface area contributed by atoms with Gasteiger partial charge in [0.2, 0.25) is 10.0 Å². The summed E-state index contributed by atoms with van der Waals surface area (Å²) in [6.07, 6.45) is 0. The zero-order chi connectivity index (χ0) is 14.0. The highest BCUT2D eigenvalue weighted by atomic mass is 32.2. The van der Waals surface area contributed by atoms with Crippen LogP contribution in [0, 0.1) is 0 Å². The van der Waals surface area contributed by atoms with Crippen molar-refractivity contribution < 1.29 is 21.4 Å². The van der Waals surface area contributed by atoms with E-state index in [9.17, 15) is 16.8 Å². The summed E-state index contributed by atoms with van der Waals surface area (Å²) >= 11 is 0. The average Bonchev–Trinajstić information content (AvgIpc) is 2.24. The molecule has 1 aromatic carbocycles. The van der Waals surface area contributed by atoms with Crippen LogP contribution in [0.15, 0.2) is 29.2 Å². The maximum atomic E-state index is 12.0. The molecule has 9 heteroatoms. The molecule has 0 unspecified atom stereocenters. The minimum atomic E-state index is -4.20. The smallest absolute Gasteiger partial charge is 0.266 e. The largest absolute Gasteiger partial charge is 0.399 e. The molecule has 1 aromatic rings. The van der Waals surface area contributed by atoms with Crippen LogP contribution in [0.4, 0.5) is 5.69 Å². The molecule has 102 valence electrons. The standard InChI is InChI=1S/C9H14N2O5S2/c1-11(5-6-17(12,13)14)18(15,16)9-4-2-3-8(10)7-9/h2-4,7H,5-6,10H2,1H3,(H,12,13,14). The fourth-order valence-corrected chi connectivity index (χ4v) is 3.07. The fraction of sp³-hybridized carbons (Fsp3) is 0.333. The van der Waals surface area contributed by atoms with Crippen molar-refractivity contribution in [3.63, 3.8) is 0 Å². The van der Waals surface area contributed by atoms with Crippen LogP contribution < -0.4 is 5.73 Å². The number of nitrogens with two attached hydrogens (primary N) is 1. The lowest BCUT2D eigenvalue weighted by Crippen LogP contribution is -2.31. The molecule has 3 N–H and O–H groups in total. The molecule has 18 heavy (non-hydrogen) atoms. The average molecular weight is 294 g/mol. The number of nitrogens with zero attached hydrogens (tertiary/aromatic N) is 1. The molecule has 0 radical (unpaired) electrons. The predicted molar refractivity (Wildman–Crippen MR) is 67.1 cm³/mol. The number of anilines is 1. The van der Waals surface area contributed by atoms with E-state index in [1.165, 1.54) is 31.3 Å². The molecule has 0 aromatic heterocycles. The number of nitrogen functional groups attached to an aromatic ring is 1. The van der Waals surface area contributed by atoms with Crippen LogP contribution in [-0.2, 0) is 20.1 Å². The maximum Gasteiger partial charge on any atom is 0.266 e. The van der Waals surface area contributed by atoms with Crippen molar-refractivity contribution >= 4 is 25.8 Å². The summed E-state index contributed by atoms with van der Waals surface area (Å²) in [5.41, 5.74) is 5.77. The molecule has 0 saturated heterocycles. The van der Waals surface area contributed by atoms with Crippen LogP contribution in [0.5, 0.6) is 0 Å². The molecule has 0 atom stereocenters. The van der Waals surface area contributed by atoms with Gasteiger partial charge in [-0.2, -0.15) is 12.7 Å². The SMILES string of the molecule is CN(CCS(=O)(=O)O)S(=O)(=O)c1cccc(N)c1. The first-order valence-corrected chi connectivity index (χ1v) is 7.95. The van der Waals surface area contributed by atoms with Gasteiger partial charge in [0.25, 0.3) is 10.1 Å². The Bertz CT molecular complexity index is 624. The molecule has 7 nitrogen and oxygen atoms in total. The monoisotopic (exact) mass is 294 g/mol. The first-order chi connectivity index (χ1) is 8.13. The minimum absolute atomic E-state index is 0.0275. The van der Waals surface area contributed by atoms with Gasteiger partial charge in [0.05, 0.1) is 10.6 Å². The highest BCUT2D eigenvalue weighted by Gasteiger charge is 2.22. The van der Waals surface area contributed by atoms with E-state index in [1.807, 2.05) is 0 Å². The first kappa shape index (κ1) is 14.9. The van der Waals surface area contributed by atoms with Gasteiger partial charge in [0, 0.05) is 19.3 Å². The molecule has 0 spiro atoms. The van der Waals surface area contributed by atoms with E-state index in [0.29, 0.717) is 5.69 Å². The summed E-state index contributed by atoms with van der Waals surface area (Å²) in [7, 11) is -6.78. The zero-order valence-electron chi connectivity index (χ0n) is 9.64. The highest BCUT2D eigenvalue weighted by molar-refractivity contribution is 7.89. The fourth-order valence-electron chi connectivity index (χ4n) is 1.22. The van der Waals surface area contributed by atoms with Crippen molar-refractivity contribution in [2.24, 2.45) is 0 Å². The molecule has 0 bridgehead atoms. The normalized spacial score (nSPS) is 12.8. The third-order valence-corrected chi connectivity index (χ3v) is 4.78. The van der Waals surface area contributed by atoms with Crippen LogP contribution in [0.25, 0.3) is 0 Å². The first-order valence-electron chi connectivity index (χ1n) is 4.90. The van der Waals surface area contributed by atoms with Gasteiger partial charge < -0.3 is 5.73 Å². The molecular weight excluding hydrogens is 280 g/mol. The van der Waals surface area contributed by atoms with Crippen LogP contribution >= 0.6 is 0 Å². The van der Waals surface area contributed by atoms with Crippen molar-refractivity contribution in [1.29, 1.82) is 0 Å². The molecule has 0 aliphatic rings. The Morgan fingerprint density at radius 2 is 1.89 bits per heavy atom. The van der Waals surface area contributed by atoms with Crippen LogP contribution in [-0.4, -0.2) is 45.0 Å². The summed E-state index contributed by atoms with van der Waals surface area (Å²) in [5.74, 6) is -0.662. The number of rotatable bonds is 5. The number of benzene rings is 1. The van der Waals surface area contributed by atoms with E-state index in [0.717, 1.165) is 4.31 Å². The topological polar surface area (TPSA) is 118 Å². The third kappa shape index (κ3) is 3.95. The predicted octanol–water partition coefficient (Wildman–Crippen LogP) is -0.223. The van der Waals surface area contributed by atoms with E-state index >= 15 is 0 Å². The van der Waals surface area contributed by atoms with E-state index in [4.69, 9.17) is 10.3 Å². The quantitative estimate of drug-likeness (QED) is 0.572. The van der Waals surface area contributed by atoms with E-state index in [-0.39, 0.29) is 11.4 Å². The lowest BCUT2D eigenvalue weighted by molar-refractivity contribution is 0.459. The second-order valence-electron chi connectivity index (χ2n) is 3.69. The van der Waals surface area contributed by atoms with Gasteiger partial charge >= 0.3 is 0 Å². The van der Waals surface area contributed by atoms with Gasteiger partial charge in [-0.15, -0.1) is 0 Å². The summed E-state index contributed by atoms with van der Waals surface area (Å²) in [6, 6.07) is 5.66. The molecular formula is C9H14N2O5S2. The second-order valence-corrected chi connectivity index (χ2v) is 7.30. The summed E-state index contributed by atoms with van der Waals surface area (Å²) in [4.78, 5) is -0.0275. The summed E-state index contributed by atoms with van der Waals surface area (Å²) < 4.78 is 54.5. The van der Waals surface area contributed by atoms with Crippen molar-refractivity contribution in [3.05, 3.63) is 24.3 Å². The summed E-state index contributed by atoms with van der Waals surface area (Å²) in [6.45, 7) is -0.337. The number of hydrogen-bond donors (Lipinski definition) is 2. The van der Waals surface area contributed by atoms with Crippen LogP contribution in [0.3, 0.4) is 0 Å². The lowest BCUT2D eigenvalue weighted by Gasteiger charge is -2.16. The third-order valence-electron chi connectivity index (χ3n) is 2.23. The second kappa shape index (κ2) is 5.22. The van der Waals surface area contributed by atoms with Crippen LogP contribution in [0.1, 0.15) is 0 Å². The van der Waals surface area contributed by atoms with Gasteiger partial charge in [-0.05, 0) is 18.2 Å². The number of sulfonamides is 1. The molecule has 0 heterocycles. The van der Waals surface area contributed by atoms with Gasteiger partial charge in [0.1, 0.15) is 0 Å². The highest BCUT2D eigenvalue weighted by Crippen LogP contribution is 2.16. The van der Waals surface area contributed by atoms with Crippen molar-refractivity contribution in [2.75, 3.05) is 25.1 Å². The molecule has 0 amide bonds. The van der Waals surface area contributed by atoms with Gasteiger partial charge in [-0.3, -0.25) is 4.55 Å². The molecule has 0 fully saturated rings. The van der Waals surface area contributed by atoms with Gasteiger partial charge in [-0.1, -0.05) is 6.07 Å². The Balaban J connectivity index is 2.93. The van der Waals surface area contributed by atoms with E-state index in [1.54, 1.807) is 0 Å². The van der Waals surface area contributed by atoms with Gasteiger partial charge in [0.15, 0.2) is 0 Å². The Hall–Kier alpha value is -1.16. The Morgan fingerprint density at radius 3 is 2.39 bits per heavy atom. The minimum Gasteiger partial charge on any atom is -0.399 e. The molecule has 1 rings (SSSR count).